The van der Waals surface area contributed by atoms with E-state index in [2.05, 4.69) is 18.7 Å². The van der Waals surface area contributed by atoms with Crippen LogP contribution in [0.25, 0.3) is 0 Å². The van der Waals surface area contributed by atoms with Gasteiger partial charge in [0.25, 0.3) is 0 Å². The Labute approximate surface area is 115 Å². The first-order chi connectivity index (χ1) is 9.04. The Morgan fingerprint density at radius 2 is 2.05 bits per heavy atom. The van der Waals surface area contributed by atoms with Crippen LogP contribution in [0.5, 0.6) is 0 Å². The third kappa shape index (κ3) is 5.68. The minimum absolute atomic E-state index is 0.125. The highest BCUT2D eigenvalue weighted by Crippen LogP contribution is 2.16. The molecule has 4 heteroatoms. The second-order valence-electron chi connectivity index (χ2n) is 5.07. The van der Waals surface area contributed by atoms with Gasteiger partial charge in [-0.3, -0.25) is 4.90 Å². The Morgan fingerprint density at radius 3 is 2.63 bits per heavy atom. The molecule has 0 saturated carbocycles. The van der Waals surface area contributed by atoms with Crippen molar-refractivity contribution in [3.63, 3.8) is 0 Å². The summed E-state index contributed by atoms with van der Waals surface area (Å²) >= 11 is 0. The first-order valence-corrected chi connectivity index (χ1v) is 6.78. The van der Waals surface area contributed by atoms with Crippen molar-refractivity contribution in [1.29, 1.82) is 0 Å². The largest absolute Gasteiger partial charge is 0.383 e. The van der Waals surface area contributed by atoms with Crippen LogP contribution in [0.3, 0.4) is 0 Å². The lowest BCUT2D eigenvalue weighted by atomic mass is 10.0. The number of nitrogens with zero attached hydrogens (tertiary/aromatic N) is 1. The number of halogens is 1. The van der Waals surface area contributed by atoms with E-state index >= 15 is 0 Å². The van der Waals surface area contributed by atoms with E-state index in [1.165, 1.54) is 12.1 Å². The van der Waals surface area contributed by atoms with Crippen molar-refractivity contribution >= 4 is 0 Å². The fraction of sp³-hybridized carbons (Fsp3) is 0.600. The standard InChI is InChI=1S/C15H25FN2O/c1-12(2)18(9-10-19-3)8-7-15(17)13-5-4-6-14(16)11-13/h4-6,11-12,15H,7-10,17H2,1-3H3. The molecule has 0 aliphatic rings. The SMILES string of the molecule is COCCN(CCC(N)c1cccc(F)c1)C(C)C. The summed E-state index contributed by atoms with van der Waals surface area (Å²) in [7, 11) is 1.71. The lowest BCUT2D eigenvalue weighted by molar-refractivity contribution is 0.127. The third-order valence-electron chi connectivity index (χ3n) is 3.32. The Kier molecular flexibility index (Phi) is 6.99. The first kappa shape index (κ1) is 16.1. The van der Waals surface area contributed by atoms with Crippen LogP contribution < -0.4 is 5.73 Å². The molecule has 2 N–H and O–H groups in total. The average Bonchev–Trinajstić information content (AvgIpc) is 2.38. The zero-order valence-electron chi connectivity index (χ0n) is 12.1. The smallest absolute Gasteiger partial charge is 0.123 e. The van der Waals surface area contributed by atoms with Gasteiger partial charge in [-0.15, -0.1) is 0 Å². The predicted octanol–water partition coefficient (Wildman–Crippen LogP) is 2.57. The molecule has 0 aliphatic heterocycles. The number of hydrogen-bond acceptors (Lipinski definition) is 3. The van der Waals surface area contributed by atoms with Gasteiger partial charge in [0.2, 0.25) is 0 Å². The molecule has 1 aromatic carbocycles. The monoisotopic (exact) mass is 268 g/mol. The highest BCUT2D eigenvalue weighted by Gasteiger charge is 2.12. The van der Waals surface area contributed by atoms with Gasteiger partial charge in [0, 0.05) is 32.3 Å². The molecule has 0 saturated heterocycles. The molecule has 0 amide bonds. The van der Waals surface area contributed by atoms with E-state index in [4.69, 9.17) is 10.5 Å². The van der Waals surface area contributed by atoms with Gasteiger partial charge in [0.1, 0.15) is 5.82 Å². The normalized spacial score (nSPS) is 13.2. The zero-order valence-corrected chi connectivity index (χ0v) is 12.1. The molecule has 0 fully saturated rings. The van der Waals surface area contributed by atoms with Crippen molar-refractivity contribution in [3.8, 4) is 0 Å². The Morgan fingerprint density at radius 1 is 1.32 bits per heavy atom. The fourth-order valence-corrected chi connectivity index (χ4v) is 2.05. The van der Waals surface area contributed by atoms with Crippen LogP contribution in [0.2, 0.25) is 0 Å². The predicted molar refractivity (Wildman–Crippen MR) is 76.5 cm³/mol. The van der Waals surface area contributed by atoms with E-state index in [1.807, 2.05) is 6.07 Å². The highest BCUT2D eigenvalue weighted by molar-refractivity contribution is 5.19. The molecular weight excluding hydrogens is 243 g/mol. The van der Waals surface area contributed by atoms with E-state index in [0.29, 0.717) is 12.6 Å². The molecule has 0 heterocycles. The molecule has 0 bridgehead atoms. The molecule has 0 radical (unpaired) electrons. The third-order valence-corrected chi connectivity index (χ3v) is 3.32. The van der Waals surface area contributed by atoms with Gasteiger partial charge in [-0.05, 0) is 38.0 Å². The number of ether oxygens (including phenoxy) is 1. The number of methoxy groups -OCH3 is 1. The maximum Gasteiger partial charge on any atom is 0.123 e. The van der Waals surface area contributed by atoms with Crippen LogP contribution in [-0.2, 0) is 4.74 Å². The molecular formula is C15H25FN2O. The molecule has 108 valence electrons. The molecule has 0 spiro atoms. The quantitative estimate of drug-likeness (QED) is 0.787. The summed E-state index contributed by atoms with van der Waals surface area (Å²) in [6, 6.07) is 6.86. The maximum atomic E-state index is 13.1. The van der Waals surface area contributed by atoms with Crippen molar-refractivity contribution in [2.24, 2.45) is 5.73 Å². The van der Waals surface area contributed by atoms with Gasteiger partial charge in [-0.25, -0.2) is 4.39 Å². The van der Waals surface area contributed by atoms with E-state index in [0.717, 1.165) is 25.1 Å². The number of rotatable bonds is 8. The van der Waals surface area contributed by atoms with Crippen molar-refractivity contribution in [1.82, 2.24) is 4.90 Å². The summed E-state index contributed by atoms with van der Waals surface area (Å²) < 4.78 is 18.2. The van der Waals surface area contributed by atoms with Crippen molar-refractivity contribution in [2.45, 2.75) is 32.4 Å². The Bertz CT molecular complexity index is 371. The summed E-state index contributed by atoms with van der Waals surface area (Å²) in [5, 5.41) is 0. The lowest BCUT2D eigenvalue weighted by Crippen LogP contribution is -2.36. The van der Waals surface area contributed by atoms with Crippen LogP contribution in [-0.4, -0.2) is 37.7 Å². The number of benzene rings is 1. The second-order valence-corrected chi connectivity index (χ2v) is 5.07. The molecule has 0 aliphatic carbocycles. The van der Waals surface area contributed by atoms with Crippen LogP contribution in [0.4, 0.5) is 4.39 Å². The lowest BCUT2D eigenvalue weighted by Gasteiger charge is -2.27. The summed E-state index contributed by atoms with van der Waals surface area (Å²) in [5.74, 6) is -0.229. The van der Waals surface area contributed by atoms with Crippen molar-refractivity contribution < 1.29 is 9.13 Å². The van der Waals surface area contributed by atoms with Gasteiger partial charge in [0.15, 0.2) is 0 Å². The Balaban J connectivity index is 2.49. The van der Waals surface area contributed by atoms with Crippen LogP contribution in [0.15, 0.2) is 24.3 Å². The minimum atomic E-state index is -0.229. The first-order valence-electron chi connectivity index (χ1n) is 6.78. The van der Waals surface area contributed by atoms with Gasteiger partial charge in [-0.1, -0.05) is 12.1 Å². The van der Waals surface area contributed by atoms with E-state index in [1.54, 1.807) is 13.2 Å². The summed E-state index contributed by atoms with van der Waals surface area (Å²) in [6.45, 7) is 6.81. The van der Waals surface area contributed by atoms with E-state index in [-0.39, 0.29) is 11.9 Å². The van der Waals surface area contributed by atoms with E-state index in [9.17, 15) is 4.39 Å². The van der Waals surface area contributed by atoms with Crippen molar-refractivity contribution in [3.05, 3.63) is 35.6 Å². The van der Waals surface area contributed by atoms with Crippen LogP contribution >= 0.6 is 0 Å². The molecule has 1 rings (SSSR count). The summed E-state index contributed by atoms with van der Waals surface area (Å²) in [5.41, 5.74) is 6.97. The molecule has 0 aromatic heterocycles. The topological polar surface area (TPSA) is 38.5 Å². The van der Waals surface area contributed by atoms with Gasteiger partial charge < -0.3 is 10.5 Å². The number of nitrogens with two attached hydrogens (primary N) is 1. The highest BCUT2D eigenvalue weighted by atomic mass is 19.1. The molecule has 1 unspecified atom stereocenters. The molecule has 3 nitrogen and oxygen atoms in total. The van der Waals surface area contributed by atoms with Gasteiger partial charge in [-0.2, -0.15) is 0 Å². The van der Waals surface area contributed by atoms with Crippen LogP contribution in [0, 0.1) is 5.82 Å². The molecule has 1 atom stereocenters. The fourth-order valence-electron chi connectivity index (χ4n) is 2.05. The van der Waals surface area contributed by atoms with Gasteiger partial charge >= 0.3 is 0 Å². The zero-order chi connectivity index (χ0) is 14.3. The van der Waals surface area contributed by atoms with E-state index < -0.39 is 0 Å². The minimum Gasteiger partial charge on any atom is -0.383 e. The second kappa shape index (κ2) is 8.25. The summed E-state index contributed by atoms with van der Waals surface area (Å²) in [6.07, 6.45) is 0.811. The molecule has 1 aromatic rings. The maximum absolute atomic E-state index is 13.1. The van der Waals surface area contributed by atoms with Gasteiger partial charge in [0.05, 0.1) is 6.61 Å². The van der Waals surface area contributed by atoms with Crippen molar-refractivity contribution in [2.75, 3.05) is 26.8 Å². The molecule has 19 heavy (non-hydrogen) atoms. The Hall–Kier alpha value is -0.970. The summed E-state index contributed by atoms with van der Waals surface area (Å²) in [4.78, 5) is 2.32. The number of hydrogen-bond donors (Lipinski definition) is 1. The van der Waals surface area contributed by atoms with Crippen LogP contribution in [0.1, 0.15) is 31.9 Å². The average molecular weight is 268 g/mol.